The van der Waals surface area contributed by atoms with Gasteiger partial charge < -0.3 is 0 Å². The van der Waals surface area contributed by atoms with E-state index in [-0.39, 0.29) is 11.0 Å². The van der Waals surface area contributed by atoms with Crippen LogP contribution in [0.2, 0.25) is 0 Å². The molecule has 2 aliphatic rings. The van der Waals surface area contributed by atoms with E-state index in [9.17, 15) is 8.42 Å². The Hall–Kier alpha value is -1.65. The number of aryl methyl sites for hydroxylation is 1. The molecule has 3 nitrogen and oxygen atoms in total. The lowest BCUT2D eigenvalue weighted by Crippen LogP contribution is -2.31. The van der Waals surface area contributed by atoms with Gasteiger partial charge in [0.25, 0.3) is 10.1 Å². The molecule has 0 heterocycles. The summed E-state index contributed by atoms with van der Waals surface area (Å²) in [6.45, 7) is 1.95. The van der Waals surface area contributed by atoms with Crippen LogP contribution < -0.4 is 0 Å². The van der Waals surface area contributed by atoms with Gasteiger partial charge in [0.05, 0.1) is 11.0 Å². The van der Waals surface area contributed by atoms with Crippen molar-refractivity contribution in [2.75, 3.05) is 0 Å². The van der Waals surface area contributed by atoms with E-state index in [1.54, 1.807) is 12.1 Å². The molecule has 4 rings (SSSR count). The number of rotatable bonds is 4. The van der Waals surface area contributed by atoms with Gasteiger partial charge in [0.15, 0.2) is 0 Å². The zero-order chi connectivity index (χ0) is 18.9. The van der Waals surface area contributed by atoms with Gasteiger partial charge in [-0.15, -0.1) is 0 Å². The summed E-state index contributed by atoms with van der Waals surface area (Å²) < 4.78 is 31.3. The molecule has 2 atom stereocenters. The third-order valence-electron chi connectivity index (χ3n) is 6.21. The normalized spacial score (nSPS) is 23.7. The summed E-state index contributed by atoms with van der Waals surface area (Å²) in [4.78, 5) is 0.251. The van der Waals surface area contributed by atoms with E-state index in [0.717, 1.165) is 12.0 Å². The predicted octanol–water partition coefficient (Wildman–Crippen LogP) is 5.38. The monoisotopic (exact) mass is 384 g/mol. The molecule has 0 N–H and O–H groups in total. The highest BCUT2D eigenvalue weighted by Gasteiger charge is 2.35. The van der Waals surface area contributed by atoms with Gasteiger partial charge in [0.2, 0.25) is 0 Å². The van der Waals surface area contributed by atoms with Crippen molar-refractivity contribution in [2.24, 2.45) is 5.92 Å². The number of hydrogen-bond acceptors (Lipinski definition) is 3. The first-order valence-corrected chi connectivity index (χ1v) is 11.5. The van der Waals surface area contributed by atoms with Crippen molar-refractivity contribution >= 4 is 10.1 Å². The molecule has 2 unspecified atom stereocenters. The average molecular weight is 385 g/mol. The van der Waals surface area contributed by atoms with Crippen LogP contribution in [0.5, 0.6) is 0 Å². The fraction of sp³-hybridized carbons (Fsp3) is 0.478. The Balaban J connectivity index is 1.58. The topological polar surface area (TPSA) is 43.4 Å². The van der Waals surface area contributed by atoms with Crippen LogP contribution in [0.4, 0.5) is 0 Å². The zero-order valence-electron chi connectivity index (χ0n) is 15.9. The summed E-state index contributed by atoms with van der Waals surface area (Å²) >= 11 is 0. The maximum absolute atomic E-state index is 12.8. The Labute approximate surface area is 162 Å². The van der Waals surface area contributed by atoms with Crippen LogP contribution in [0.15, 0.2) is 53.4 Å². The van der Waals surface area contributed by atoms with Gasteiger partial charge in [-0.2, -0.15) is 8.42 Å². The minimum atomic E-state index is -3.73. The number of fused-ring (bicyclic) bond motifs is 1. The maximum atomic E-state index is 12.8. The Kier molecular flexibility index (Phi) is 5.38. The SMILES string of the molecule is Cc1ccc(S(=O)(=O)OC2Cc3ccccc3C(C3CCCCC3)C2)cc1. The van der Waals surface area contributed by atoms with Crippen LogP contribution in [0, 0.1) is 12.8 Å². The average Bonchev–Trinajstić information content (AvgIpc) is 2.68. The van der Waals surface area contributed by atoms with Crippen molar-refractivity contribution < 1.29 is 12.6 Å². The smallest absolute Gasteiger partial charge is 0.263 e. The molecule has 0 spiro atoms. The molecule has 1 fully saturated rings. The van der Waals surface area contributed by atoms with Crippen LogP contribution in [-0.4, -0.2) is 14.5 Å². The van der Waals surface area contributed by atoms with Crippen LogP contribution in [0.1, 0.15) is 61.1 Å². The van der Waals surface area contributed by atoms with E-state index in [1.165, 1.54) is 43.2 Å². The molecular weight excluding hydrogens is 356 g/mol. The van der Waals surface area contributed by atoms with Gasteiger partial charge in [-0.3, -0.25) is 4.18 Å². The number of hydrogen-bond donors (Lipinski definition) is 0. The largest absolute Gasteiger partial charge is 0.297 e. The van der Waals surface area contributed by atoms with Crippen LogP contribution in [0.25, 0.3) is 0 Å². The standard InChI is InChI=1S/C23H28O3S/c1-17-11-13-21(14-12-17)27(24,25)26-20-15-19-9-5-6-10-22(19)23(16-20)18-7-3-2-4-8-18/h5-6,9-14,18,20,23H,2-4,7-8,15-16H2,1H3. The lowest BCUT2D eigenvalue weighted by atomic mass is 9.70. The molecule has 0 radical (unpaired) electrons. The second-order valence-electron chi connectivity index (χ2n) is 8.13. The molecule has 27 heavy (non-hydrogen) atoms. The second kappa shape index (κ2) is 7.76. The van der Waals surface area contributed by atoms with E-state index in [4.69, 9.17) is 4.18 Å². The fourth-order valence-corrected chi connectivity index (χ4v) is 5.90. The van der Waals surface area contributed by atoms with Crippen LogP contribution in [-0.2, 0) is 20.7 Å². The minimum Gasteiger partial charge on any atom is -0.263 e. The van der Waals surface area contributed by atoms with Gasteiger partial charge in [-0.25, -0.2) is 0 Å². The summed E-state index contributed by atoms with van der Waals surface area (Å²) in [7, 11) is -3.73. The number of benzene rings is 2. The lowest BCUT2D eigenvalue weighted by Gasteiger charge is -2.37. The highest BCUT2D eigenvalue weighted by atomic mass is 32.2. The quantitative estimate of drug-likeness (QED) is 0.665. The van der Waals surface area contributed by atoms with Gasteiger partial charge in [-0.1, -0.05) is 61.2 Å². The van der Waals surface area contributed by atoms with E-state index < -0.39 is 10.1 Å². The summed E-state index contributed by atoms with van der Waals surface area (Å²) in [5.74, 6) is 1.06. The Morgan fingerprint density at radius 1 is 0.926 bits per heavy atom. The van der Waals surface area contributed by atoms with E-state index in [0.29, 0.717) is 18.3 Å². The Morgan fingerprint density at radius 2 is 1.63 bits per heavy atom. The molecule has 4 heteroatoms. The molecule has 1 saturated carbocycles. The molecule has 144 valence electrons. The van der Waals surface area contributed by atoms with Crippen molar-refractivity contribution in [1.82, 2.24) is 0 Å². The summed E-state index contributed by atoms with van der Waals surface area (Å²) in [5, 5.41) is 0. The van der Waals surface area contributed by atoms with Gasteiger partial charge >= 0.3 is 0 Å². The Morgan fingerprint density at radius 3 is 2.37 bits per heavy atom. The minimum absolute atomic E-state index is 0.251. The van der Waals surface area contributed by atoms with Gasteiger partial charge in [0.1, 0.15) is 0 Å². The first kappa shape index (κ1) is 18.7. The highest BCUT2D eigenvalue weighted by Crippen LogP contribution is 2.44. The van der Waals surface area contributed by atoms with Crippen LogP contribution in [0.3, 0.4) is 0 Å². The highest BCUT2D eigenvalue weighted by molar-refractivity contribution is 7.86. The predicted molar refractivity (Wildman–Crippen MR) is 107 cm³/mol. The maximum Gasteiger partial charge on any atom is 0.297 e. The molecule has 2 aromatic rings. The van der Waals surface area contributed by atoms with Crippen molar-refractivity contribution in [3.05, 3.63) is 65.2 Å². The molecular formula is C23H28O3S. The van der Waals surface area contributed by atoms with E-state index >= 15 is 0 Å². The third kappa shape index (κ3) is 4.12. The van der Waals surface area contributed by atoms with Gasteiger partial charge in [0, 0.05) is 6.42 Å². The lowest BCUT2D eigenvalue weighted by molar-refractivity contribution is 0.153. The zero-order valence-corrected chi connectivity index (χ0v) is 16.8. The molecule has 0 saturated heterocycles. The molecule has 2 aliphatic carbocycles. The van der Waals surface area contributed by atoms with Crippen LogP contribution >= 0.6 is 0 Å². The fourth-order valence-electron chi connectivity index (χ4n) is 4.82. The summed E-state index contributed by atoms with van der Waals surface area (Å²) in [5.41, 5.74) is 3.71. The molecule has 0 aliphatic heterocycles. The van der Waals surface area contributed by atoms with E-state index in [1.807, 2.05) is 25.1 Å². The summed E-state index contributed by atoms with van der Waals surface area (Å²) in [6.07, 6.45) is 7.59. The molecule has 0 aromatic heterocycles. The molecule has 2 aromatic carbocycles. The summed E-state index contributed by atoms with van der Waals surface area (Å²) in [6, 6.07) is 15.4. The van der Waals surface area contributed by atoms with Crippen molar-refractivity contribution in [3.8, 4) is 0 Å². The van der Waals surface area contributed by atoms with Gasteiger partial charge in [-0.05, 0) is 61.3 Å². The first-order valence-electron chi connectivity index (χ1n) is 10.1. The third-order valence-corrected chi connectivity index (χ3v) is 7.59. The van der Waals surface area contributed by atoms with Crippen molar-refractivity contribution in [2.45, 2.75) is 68.8 Å². The van der Waals surface area contributed by atoms with Crippen molar-refractivity contribution in [3.63, 3.8) is 0 Å². The molecule has 0 amide bonds. The molecule has 0 bridgehead atoms. The Bertz CT molecular complexity index is 880. The van der Waals surface area contributed by atoms with E-state index in [2.05, 4.69) is 18.2 Å². The first-order chi connectivity index (χ1) is 13.0. The second-order valence-corrected chi connectivity index (χ2v) is 9.70. The van der Waals surface area contributed by atoms with Crippen molar-refractivity contribution in [1.29, 1.82) is 0 Å².